The average Bonchev–Trinajstić information content (AvgIpc) is 2.46. The van der Waals surface area contributed by atoms with E-state index in [2.05, 4.69) is 0 Å². The number of halogens is 1. The van der Waals surface area contributed by atoms with Crippen LogP contribution in [0.3, 0.4) is 0 Å². The summed E-state index contributed by atoms with van der Waals surface area (Å²) in [6, 6.07) is 12.8. The van der Waals surface area contributed by atoms with E-state index in [4.69, 9.17) is 17.3 Å². The summed E-state index contributed by atoms with van der Waals surface area (Å²) < 4.78 is 0. The van der Waals surface area contributed by atoms with Gasteiger partial charge in [-0.3, -0.25) is 4.79 Å². The Balaban J connectivity index is 2.24. The third-order valence-electron chi connectivity index (χ3n) is 3.73. The minimum Gasteiger partial charge on any atom is -0.399 e. The summed E-state index contributed by atoms with van der Waals surface area (Å²) >= 11 is 5.90. The highest BCUT2D eigenvalue weighted by Gasteiger charge is 2.20. The zero-order valence-corrected chi connectivity index (χ0v) is 13.2. The van der Waals surface area contributed by atoms with Gasteiger partial charge in [-0.25, -0.2) is 0 Å². The summed E-state index contributed by atoms with van der Waals surface area (Å²) in [4.78, 5) is 14.3. The molecule has 21 heavy (non-hydrogen) atoms. The van der Waals surface area contributed by atoms with Crippen molar-refractivity contribution in [3.8, 4) is 0 Å². The number of carbonyl (C=O) groups is 1. The molecule has 0 aliphatic carbocycles. The van der Waals surface area contributed by atoms with Crippen molar-refractivity contribution in [2.45, 2.75) is 19.9 Å². The summed E-state index contributed by atoms with van der Waals surface area (Å²) in [6.07, 6.45) is 0. The van der Waals surface area contributed by atoms with Crippen LogP contribution < -0.4 is 5.73 Å². The number of nitrogens with zero attached hydrogens (tertiary/aromatic N) is 1. The van der Waals surface area contributed by atoms with Crippen LogP contribution in [0.2, 0.25) is 5.02 Å². The lowest BCUT2D eigenvalue weighted by atomic mass is 10.0. The first-order valence-electron chi connectivity index (χ1n) is 6.79. The van der Waals surface area contributed by atoms with Crippen LogP contribution >= 0.6 is 11.6 Å². The van der Waals surface area contributed by atoms with E-state index >= 15 is 0 Å². The zero-order valence-electron chi connectivity index (χ0n) is 12.4. The number of hydrogen-bond acceptors (Lipinski definition) is 2. The number of nitrogens with two attached hydrogens (primary N) is 1. The molecule has 0 saturated carbocycles. The van der Waals surface area contributed by atoms with Crippen LogP contribution in [0, 0.1) is 6.92 Å². The number of rotatable bonds is 3. The van der Waals surface area contributed by atoms with Gasteiger partial charge in [-0.1, -0.05) is 23.7 Å². The van der Waals surface area contributed by atoms with Crippen LogP contribution in [-0.2, 0) is 0 Å². The van der Waals surface area contributed by atoms with E-state index in [0.717, 1.165) is 11.1 Å². The molecule has 3 nitrogen and oxygen atoms in total. The molecule has 0 spiro atoms. The Kier molecular flexibility index (Phi) is 4.53. The predicted molar refractivity (Wildman–Crippen MR) is 87.6 cm³/mol. The molecule has 4 heteroatoms. The van der Waals surface area contributed by atoms with Crippen molar-refractivity contribution in [3.05, 3.63) is 64.2 Å². The molecule has 2 N–H and O–H groups in total. The molecule has 0 fully saturated rings. The highest BCUT2D eigenvalue weighted by Crippen LogP contribution is 2.23. The Morgan fingerprint density at radius 2 is 1.81 bits per heavy atom. The molecule has 0 aromatic heterocycles. The smallest absolute Gasteiger partial charge is 0.254 e. The number of anilines is 1. The summed E-state index contributed by atoms with van der Waals surface area (Å²) in [7, 11) is 1.80. The lowest BCUT2D eigenvalue weighted by Crippen LogP contribution is -2.30. The van der Waals surface area contributed by atoms with Crippen molar-refractivity contribution in [2.24, 2.45) is 0 Å². The second kappa shape index (κ2) is 6.19. The van der Waals surface area contributed by atoms with Gasteiger partial charge in [-0.2, -0.15) is 0 Å². The van der Waals surface area contributed by atoms with Crippen LogP contribution in [0.25, 0.3) is 0 Å². The molecule has 0 saturated heterocycles. The van der Waals surface area contributed by atoms with Crippen LogP contribution in [0.15, 0.2) is 42.5 Å². The largest absolute Gasteiger partial charge is 0.399 e. The predicted octanol–water partition coefficient (Wildman–Crippen LogP) is 4.06. The average molecular weight is 303 g/mol. The van der Waals surface area contributed by atoms with Crippen LogP contribution in [0.5, 0.6) is 0 Å². The first-order chi connectivity index (χ1) is 9.90. The number of hydrogen-bond donors (Lipinski definition) is 1. The second-order valence-corrected chi connectivity index (χ2v) is 5.65. The van der Waals surface area contributed by atoms with Crippen molar-refractivity contribution in [1.82, 2.24) is 4.90 Å². The van der Waals surface area contributed by atoms with Crippen molar-refractivity contribution >= 4 is 23.2 Å². The van der Waals surface area contributed by atoms with E-state index < -0.39 is 0 Å². The molecule has 0 aliphatic rings. The highest BCUT2D eigenvalue weighted by molar-refractivity contribution is 6.30. The first-order valence-corrected chi connectivity index (χ1v) is 7.16. The fourth-order valence-electron chi connectivity index (χ4n) is 2.26. The van der Waals surface area contributed by atoms with Gasteiger partial charge in [-0.15, -0.1) is 0 Å². The maximum atomic E-state index is 12.6. The number of aryl methyl sites for hydroxylation is 1. The van der Waals surface area contributed by atoms with Gasteiger partial charge < -0.3 is 10.6 Å². The molecular formula is C17H19ClN2O. The van der Waals surface area contributed by atoms with Crippen LogP contribution in [-0.4, -0.2) is 17.9 Å². The molecular weight excluding hydrogens is 284 g/mol. The van der Waals surface area contributed by atoms with Gasteiger partial charge in [0.25, 0.3) is 5.91 Å². The summed E-state index contributed by atoms with van der Waals surface area (Å²) in [5.41, 5.74) is 9.00. The monoisotopic (exact) mass is 302 g/mol. The topological polar surface area (TPSA) is 46.3 Å². The van der Waals surface area contributed by atoms with Gasteiger partial charge in [0.15, 0.2) is 0 Å². The maximum absolute atomic E-state index is 12.6. The Hall–Kier alpha value is -2.00. The van der Waals surface area contributed by atoms with Crippen LogP contribution in [0.4, 0.5) is 5.69 Å². The molecule has 0 bridgehead atoms. The minimum atomic E-state index is -0.0354. The van der Waals surface area contributed by atoms with Crippen LogP contribution in [0.1, 0.15) is 34.5 Å². The molecule has 0 heterocycles. The normalized spacial score (nSPS) is 12.0. The van der Waals surface area contributed by atoms with Gasteiger partial charge in [-0.05, 0) is 55.3 Å². The zero-order chi connectivity index (χ0) is 15.6. The molecule has 2 aromatic carbocycles. The third-order valence-corrected chi connectivity index (χ3v) is 3.99. The molecule has 1 atom stereocenters. The fraction of sp³-hybridized carbons (Fsp3) is 0.235. The SMILES string of the molecule is Cc1cc(N)ccc1C(=O)N(C)C(C)c1ccc(Cl)cc1. The summed E-state index contributed by atoms with van der Waals surface area (Å²) in [5, 5.41) is 0.689. The van der Waals surface area contributed by atoms with Gasteiger partial charge >= 0.3 is 0 Å². The van der Waals surface area contributed by atoms with E-state index in [1.807, 2.05) is 44.2 Å². The van der Waals surface area contributed by atoms with E-state index in [1.54, 1.807) is 24.1 Å². The first kappa shape index (κ1) is 15.4. The Bertz CT molecular complexity index is 652. The van der Waals surface area contributed by atoms with Gasteiger partial charge in [0.1, 0.15) is 0 Å². The molecule has 110 valence electrons. The van der Waals surface area contributed by atoms with E-state index in [9.17, 15) is 4.79 Å². The van der Waals surface area contributed by atoms with Gasteiger partial charge in [0, 0.05) is 23.3 Å². The number of benzene rings is 2. The Morgan fingerprint density at radius 3 is 2.38 bits per heavy atom. The number of amides is 1. The molecule has 1 amide bonds. The van der Waals surface area contributed by atoms with Crippen molar-refractivity contribution in [3.63, 3.8) is 0 Å². The van der Waals surface area contributed by atoms with Gasteiger partial charge in [0.05, 0.1) is 6.04 Å². The maximum Gasteiger partial charge on any atom is 0.254 e. The van der Waals surface area contributed by atoms with E-state index in [1.165, 1.54) is 0 Å². The lowest BCUT2D eigenvalue weighted by molar-refractivity contribution is 0.0742. The minimum absolute atomic E-state index is 0.0186. The second-order valence-electron chi connectivity index (χ2n) is 5.22. The highest BCUT2D eigenvalue weighted by atomic mass is 35.5. The molecule has 0 aliphatic heterocycles. The molecule has 2 aromatic rings. The molecule has 1 unspecified atom stereocenters. The van der Waals surface area contributed by atoms with Crippen molar-refractivity contribution in [1.29, 1.82) is 0 Å². The van der Waals surface area contributed by atoms with E-state index in [-0.39, 0.29) is 11.9 Å². The fourth-order valence-corrected chi connectivity index (χ4v) is 2.38. The number of nitrogen functional groups attached to an aromatic ring is 1. The standard InChI is InChI=1S/C17H19ClN2O/c1-11-10-15(19)8-9-16(11)17(21)20(3)12(2)13-4-6-14(18)7-5-13/h4-10,12H,19H2,1-3H3. The summed E-state index contributed by atoms with van der Waals surface area (Å²) in [6.45, 7) is 3.89. The quantitative estimate of drug-likeness (QED) is 0.869. The molecule has 0 radical (unpaired) electrons. The Labute approximate surface area is 130 Å². The lowest BCUT2D eigenvalue weighted by Gasteiger charge is -2.26. The van der Waals surface area contributed by atoms with Gasteiger partial charge in [0.2, 0.25) is 0 Å². The molecule has 2 rings (SSSR count). The van der Waals surface area contributed by atoms with E-state index in [0.29, 0.717) is 16.3 Å². The third kappa shape index (κ3) is 3.37. The van der Waals surface area contributed by atoms with Crippen molar-refractivity contribution in [2.75, 3.05) is 12.8 Å². The summed E-state index contributed by atoms with van der Waals surface area (Å²) in [5.74, 6) is -0.0186. The number of carbonyl (C=O) groups excluding carboxylic acids is 1. The Morgan fingerprint density at radius 1 is 1.19 bits per heavy atom. The van der Waals surface area contributed by atoms with Crippen molar-refractivity contribution < 1.29 is 4.79 Å².